The summed E-state index contributed by atoms with van der Waals surface area (Å²) in [6, 6.07) is 13.6. The van der Waals surface area contributed by atoms with Gasteiger partial charge in [0.2, 0.25) is 5.91 Å². The van der Waals surface area contributed by atoms with Crippen LogP contribution in [0.4, 0.5) is 10.1 Å². The molecule has 1 aliphatic heterocycles. The summed E-state index contributed by atoms with van der Waals surface area (Å²) in [6.07, 6.45) is 4.66. The molecule has 2 aromatic rings. The van der Waals surface area contributed by atoms with Gasteiger partial charge in [-0.05, 0) is 67.6 Å². The number of benzene rings is 2. The summed E-state index contributed by atoms with van der Waals surface area (Å²) < 4.78 is 13.0. The van der Waals surface area contributed by atoms with Gasteiger partial charge in [0.25, 0.3) is 5.91 Å². The predicted octanol–water partition coefficient (Wildman–Crippen LogP) is 4.66. The average Bonchev–Trinajstić information content (AvgIpc) is 2.73. The zero-order valence-electron chi connectivity index (χ0n) is 16.3. The molecular weight excluding hydrogens is 355 g/mol. The minimum Gasteiger partial charge on any atom is -0.339 e. The predicted molar refractivity (Wildman–Crippen MR) is 109 cm³/mol. The Morgan fingerprint density at radius 3 is 2.29 bits per heavy atom. The number of hydrogen-bond donors (Lipinski definition) is 1. The van der Waals surface area contributed by atoms with E-state index in [1.165, 1.54) is 42.7 Å². The van der Waals surface area contributed by atoms with Crippen molar-refractivity contribution in [3.8, 4) is 0 Å². The fraction of sp³-hybridized carbons (Fsp3) is 0.391. The van der Waals surface area contributed by atoms with Gasteiger partial charge in [-0.25, -0.2) is 4.39 Å². The molecule has 0 radical (unpaired) electrons. The van der Waals surface area contributed by atoms with E-state index in [0.717, 1.165) is 12.1 Å². The van der Waals surface area contributed by atoms with E-state index >= 15 is 0 Å². The molecule has 1 aliphatic rings. The van der Waals surface area contributed by atoms with Crippen molar-refractivity contribution in [2.75, 3.05) is 18.4 Å². The van der Waals surface area contributed by atoms with E-state index in [4.69, 9.17) is 0 Å². The minimum atomic E-state index is -0.356. The molecule has 5 heteroatoms. The van der Waals surface area contributed by atoms with Crippen LogP contribution in [-0.2, 0) is 11.2 Å². The number of unbranched alkanes of at least 4 members (excludes halogenated alkanes) is 1. The Morgan fingerprint density at radius 2 is 1.68 bits per heavy atom. The molecule has 0 unspecified atom stereocenters. The maximum absolute atomic E-state index is 13.0. The van der Waals surface area contributed by atoms with E-state index < -0.39 is 0 Å². The molecule has 0 aliphatic carbocycles. The van der Waals surface area contributed by atoms with Crippen molar-refractivity contribution < 1.29 is 14.0 Å². The number of piperidine rings is 1. The van der Waals surface area contributed by atoms with Gasteiger partial charge in [-0.15, -0.1) is 0 Å². The van der Waals surface area contributed by atoms with Gasteiger partial charge in [0.15, 0.2) is 0 Å². The zero-order valence-corrected chi connectivity index (χ0v) is 16.3. The molecule has 1 heterocycles. The summed E-state index contributed by atoms with van der Waals surface area (Å²) in [5.74, 6) is -0.556. The second-order valence-corrected chi connectivity index (χ2v) is 7.36. The molecule has 1 saturated heterocycles. The van der Waals surface area contributed by atoms with Gasteiger partial charge in [0, 0.05) is 30.3 Å². The molecule has 28 heavy (non-hydrogen) atoms. The monoisotopic (exact) mass is 382 g/mol. The molecule has 0 spiro atoms. The molecule has 2 aromatic carbocycles. The molecule has 0 saturated carbocycles. The number of carbonyl (C=O) groups excluding carboxylic acids is 2. The first kappa shape index (κ1) is 20.1. The van der Waals surface area contributed by atoms with Crippen molar-refractivity contribution in [2.24, 2.45) is 5.92 Å². The summed E-state index contributed by atoms with van der Waals surface area (Å²) in [5.41, 5.74) is 2.58. The van der Waals surface area contributed by atoms with Crippen molar-refractivity contribution >= 4 is 17.5 Å². The van der Waals surface area contributed by atoms with Gasteiger partial charge in [0.1, 0.15) is 5.82 Å². The normalized spacial score (nSPS) is 14.7. The number of halogens is 1. The van der Waals surface area contributed by atoms with Crippen LogP contribution in [-0.4, -0.2) is 29.8 Å². The molecule has 2 amide bonds. The number of likely N-dealkylation sites (tertiary alicyclic amines) is 1. The number of carbonyl (C=O) groups is 2. The second-order valence-electron chi connectivity index (χ2n) is 7.36. The number of anilines is 1. The average molecular weight is 382 g/mol. The lowest BCUT2D eigenvalue weighted by Gasteiger charge is -2.31. The van der Waals surface area contributed by atoms with Crippen molar-refractivity contribution in [2.45, 2.75) is 39.0 Å². The Balaban J connectivity index is 1.49. The van der Waals surface area contributed by atoms with E-state index in [9.17, 15) is 14.0 Å². The lowest BCUT2D eigenvalue weighted by atomic mass is 9.95. The molecule has 4 nitrogen and oxygen atoms in total. The van der Waals surface area contributed by atoms with E-state index in [1.54, 1.807) is 4.90 Å². The first-order chi connectivity index (χ1) is 13.6. The number of nitrogens with zero attached hydrogens (tertiary/aromatic N) is 1. The van der Waals surface area contributed by atoms with Crippen molar-refractivity contribution in [1.82, 2.24) is 4.90 Å². The summed E-state index contributed by atoms with van der Waals surface area (Å²) in [6.45, 7) is 3.24. The van der Waals surface area contributed by atoms with Crippen molar-refractivity contribution in [3.05, 3.63) is 65.5 Å². The smallest absolute Gasteiger partial charge is 0.253 e. The van der Waals surface area contributed by atoms with Crippen LogP contribution < -0.4 is 5.32 Å². The molecular formula is C23H27FN2O2. The van der Waals surface area contributed by atoms with Crippen LogP contribution in [0.15, 0.2) is 48.5 Å². The second kappa shape index (κ2) is 9.49. The molecule has 3 rings (SSSR count). The lowest BCUT2D eigenvalue weighted by Crippen LogP contribution is -2.41. The fourth-order valence-corrected chi connectivity index (χ4v) is 3.50. The number of amides is 2. The van der Waals surface area contributed by atoms with Crippen LogP contribution in [0.1, 0.15) is 48.5 Å². The third kappa shape index (κ3) is 5.18. The van der Waals surface area contributed by atoms with E-state index in [2.05, 4.69) is 24.4 Å². The van der Waals surface area contributed by atoms with Crippen molar-refractivity contribution in [3.63, 3.8) is 0 Å². The third-order valence-corrected chi connectivity index (χ3v) is 5.28. The van der Waals surface area contributed by atoms with E-state index in [-0.39, 0.29) is 23.5 Å². The molecule has 1 N–H and O–H groups in total. The van der Waals surface area contributed by atoms with Gasteiger partial charge in [-0.1, -0.05) is 25.5 Å². The Labute approximate surface area is 165 Å². The van der Waals surface area contributed by atoms with Crippen LogP contribution >= 0.6 is 0 Å². The van der Waals surface area contributed by atoms with Gasteiger partial charge < -0.3 is 10.2 Å². The summed E-state index contributed by atoms with van der Waals surface area (Å²) in [7, 11) is 0. The first-order valence-corrected chi connectivity index (χ1v) is 10.0. The van der Waals surface area contributed by atoms with Crippen LogP contribution in [0, 0.1) is 11.7 Å². The Morgan fingerprint density at radius 1 is 1.04 bits per heavy atom. The summed E-state index contributed by atoms with van der Waals surface area (Å²) >= 11 is 0. The first-order valence-electron chi connectivity index (χ1n) is 10.0. The third-order valence-electron chi connectivity index (χ3n) is 5.28. The highest BCUT2D eigenvalue weighted by atomic mass is 19.1. The van der Waals surface area contributed by atoms with Gasteiger partial charge in [-0.3, -0.25) is 9.59 Å². The Bertz CT molecular complexity index is 794. The number of hydrogen-bond acceptors (Lipinski definition) is 2. The molecule has 0 aromatic heterocycles. The Kier molecular flexibility index (Phi) is 6.80. The summed E-state index contributed by atoms with van der Waals surface area (Å²) in [4.78, 5) is 26.8. The standard InChI is InChI=1S/C23H27FN2O2/c1-2-3-4-17-5-11-21(12-6-17)25-22(27)18-13-15-26(16-14-18)23(28)19-7-9-20(24)10-8-19/h5-12,18H,2-4,13-16H2,1H3,(H,25,27). The highest BCUT2D eigenvalue weighted by molar-refractivity contribution is 5.95. The minimum absolute atomic E-state index is 0.00943. The summed E-state index contributed by atoms with van der Waals surface area (Å²) in [5, 5.41) is 2.99. The van der Waals surface area contributed by atoms with E-state index in [1.807, 2.05) is 12.1 Å². The number of aryl methyl sites for hydroxylation is 1. The molecule has 148 valence electrons. The topological polar surface area (TPSA) is 49.4 Å². The maximum Gasteiger partial charge on any atom is 0.253 e. The Hall–Kier alpha value is -2.69. The SMILES string of the molecule is CCCCc1ccc(NC(=O)C2CCN(C(=O)c3ccc(F)cc3)CC2)cc1. The quantitative estimate of drug-likeness (QED) is 0.790. The number of rotatable bonds is 6. The van der Waals surface area contributed by atoms with Crippen molar-refractivity contribution in [1.29, 1.82) is 0 Å². The number of nitrogens with one attached hydrogen (secondary N) is 1. The molecule has 0 atom stereocenters. The van der Waals surface area contributed by atoms with Crippen LogP contribution in [0.3, 0.4) is 0 Å². The molecule has 0 bridgehead atoms. The van der Waals surface area contributed by atoms with Crippen LogP contribution in [0.25, 0.3) is 0 Å². The fourth-order valence-electron chi connectivity index (χ4n) is 3.50. The van der Waals surface area contributed by atoms with Crippen LogP contribution in [0.5, 0.6) is 0 Å². The zero-order chi connectivity index (χ0) is 19.9. The van der Waals surface area contributed by atoms with E-state index in [0.29, 0.717) is 31.5 Å². The lowest BCUT2D eigenvalue weighted by molar-refractivity contribution is -0.121. The highest BCUT2D eigenvalue weighted by Gasteiger charge is 2.27. The van der Waals surface area contributed by atoms with Crippen LogP contribution in [0.2, 0.25) is 0 Å². The largest absolute Gasteiger partial charge is 0.339 e. The highest BCUT2D eigenvalue weighted by Crippen LogP contribution is 2.21. The van der Waals surface area contributed by atoms with Gasteiger partial charge in [0.05, 0.1) is 0 Å². The maximum atomic E-state index is 13.0. The van der Waals surface area contributed by atoms with Gasteiger partial charge in [-0.2, -0.15) is 0 Å². The molecule has 1 fully saturated rings. The van der Waals surface area contributed by atoms with Gasteiger partial charge >= 0.3 is 0 Å².